The standard InChI is InChI=1S/C13H18N2O2S/c1-10-9-15(7-8-17-10)13(16)14-11-3-5-12(18-2)6-4-11/h3-6,10H,7-9H2,1-2H3,(H,14,16)/t10-/m1/s1. The molecular weight excluding hydrogens is 248 g/mol. The number of benzene rings is 1. The lowest BCUT2D eigenvalue weighted by Crippen LogP contribution is -2.46. The minimum absolute atomic E-state index is 0.0537. The van der Waals surface area contributed by atoms with Gasteiger partial charge in [0.25, 0.3) is 0 Å². The molecule has 0 aromatic heterocycles. The molecule has 1 aromatic rings. The van der Waals surface area contributed by atoms with Crippen LogP contribution in [0, 0.1) is 0 Å². The van der Waals surface area contributed by atoms with E-state index in [0.717, 1.165) is 5.69 Å². The summed E-state index contributed by atoms with van der Waals surface area (Å²) in [6.45, 7) is 3.89. The number of urea groups is 1. The number of carbonyl (C=O) groups is 1. The van der Waals surface area contributed by atoms with Crippen molar-refractivity contribution in [2.75, 3.05) is 31.3 Å². The van der Waals surface area contributed by atoms with E-state index in [9.17, 15) is 4.79 Å². The summed E-state index contributed by atoms with van der Waals surface area (Å²) >= 11 is 1.69. The summed E-state index contributed by atoms with van der Waals surface area (Å²) in [7, 11) is 0. The first kappa shape index (κ1) is 13.2. The summed E-state index contributed by atoms with van der Waals surface area (Å²) in [5.74, 6) is 0. The van der Waals surface area contributed by atoms with Crippen molar-refractivity contribution in [2.24, 2.45) is 0 Å². The van der Waals surface area contributed by atoms with Gasteiger partial charge < -0.3 is 15.0 Å². The minimum Gasteiger partial charge on any atom is -0.375 e. The van der Waals surface area contributed by atoms with Crippen molar-refractivity contribution in [1.29, 1.82) is 0 Å². The van der Waals surface area contributed by atoms with Crippen molar-refractivity contribution in [2.45, 2.75) is 17.9 Å². The summed E-state index contributed by atoms with van der Waals surface area (Å²) < 4.78 is 5.41. The van der Waals surface area contributed by atoms with E-state index in [-0.39, 0.29) is 12.1 Å². The van der Waals surface area contributed by atoms with Gasteiger partial charge in [0.05, 0.1) is 12.7 Å². The van der Waals surface area contributed by atoms with Gasteiger partial charge in [0, 0.05) is 23.7 Å². The zero-order chi connectivity index (χ0) is 13.0. The Kier molecular flexibility index (Phi) is 4.49. The number of anilines is 1. The van der Waals surface area contributed by atoms with Crippen LogP contribution in [0.2, 0.25) is 0 Å². The lowest BCUT2D eigenvalue weighted by molar-refractivity contribution is -0.00138. The van der Waals surface area contributed by atoms with E-state index in [1.54, 1.807) is 16.7 Å². The van der Waals surface area contributed by atoms with Gasteiger partial charge in [-0.25, -0.2) is 4.79 Å². The molecule has 0 bridgehead atoms. The summed E-state index contributed by atoms with van der Waals surface area (Å²) in [4.78, 5) is 15.0. The van der Waals surface area contributed by atoms with E-state index in [2.05, 4.69) is 5.32 Å². The van der Waals surface area contributed by atoms with Gasteiger partial charge in [0.2, 0.25) is 0 Å². The van der Waals surface area contributed by atoms with E-state index in [4.69, 9.17) is 4.74 Å². The van der Waals surface area contributed by atoms with Gasteiger partial charge in [-0.1, -0.05) is 0 Å². The topological polar surface area (TPSA) is 41.6 Å². The number of ether oxygens (including phenoxy) is 1. The van der Waals surface area contributed by atoms with Crippen LogP contribution in [-0.4, -0.2) is 43.0 Å². The number of hydrogen-bond acceptors (Lipinski definition) is 3. The second-order valence-electron chi connectivity index (χ2n) is 4.29. The fraction of sp³-hybridized carbons (Fsp3) is 0.462. The van der Waals surface area contributed by atoms with Gasteiger partial charge in [-0.05, 0) is 37.4 Å². The third kappa shape index (κ3) is 3.40. The van der Waals surface area contributed by atoms with Crippen molar-refractivity contribution in [1.82, 2.24) is 4.90 Å². The number of morpholine rings is 1. The Labute approximate surface area is 112 Å². The summed E-state index contributed by atoms with van der Waals surface area (Å²) in [6.07, 6.45) is 2.14. The van der Waals surface area contributed by atoms with Crippen LogP contribution in [0.3, 0.4) is 0 Å². The van der Waals surface area contributed by atoms with Gasteiger partial charge in [0.1, 0.15) is 0 Å². The average Bonchev–Trinajstić information content (AvgIpc) is 2.39. The number of amides is 2. The Morgan fingerprint density at radius 3 is 2.78 bits per heavy atom. The van der Waals surface area contributed by atoms with E-state index in [0.29, 0.717) is 19.7 Å². The van der Waals surface area contributed by atoms with Crippen molar-refractivity contribution < 1.29 is 9.53 Å². The van der Waals surface area contributed by atoms with Crippen LogP contribution in [-0.2, 0) is 4.74 Å². The Balaban J connectivity index is 1.93. The zero-order valence-corrected chi connectivity index (χ0v) is 11.5. The molecule has 5 heteroatoms. The van der Waals surface area contributed by atoms with Crippen LogP contribution in [0.4, 0.5) is 10.5 Å². The minimum atomic E-state index is -0.0537. The van der Waals surface area contributed by atoms with Crippen LogP contribution >= 0.6 is 11.8 Å². The first-order chi connectivity index (χ1) is 8.69. The Morgan fingerprint density at radius 1 is 1.44 bits per heavy atom. The predicted octanol–water partition coefficient (Wildman–Crippen LogP) is 2.66. The fourth-order valence-electron chi connectivity index (χ4n) is 1.88. The molecule has 1 N–H and O–H groups in total. The molecule has 1 saturated heterocycles. The number of nitrogens with one attached hydrogen (secondary N) is 1. The van der Waals surface area contributed by atoms with Crippen molar-refractivity contribution in [3.05, 3.63) is 24.3 Å². The zero-order valence-electron chi connectivity index (χ0n) is 10.7. The molecule has 0 aliphatic carbocycles. The second-order valence-corrected chi connectivity index (χ2v) is 5.17. The van der Waals surface area contributed by atoms with Crippen molar-refractivity contribution in [3.63, 3.8) is 0 Å². The molecule has 0 saturated carbocycles. The van der Waals surface area contributed by atoms with Crippen molar-refractivity contribution in [3.8, 4) is 0 Å². The summed E-state index contributed by atoms with van der Waals surface area (Å²) in [5.41, 5.74) is 0.831. The van der Waals surface area contributed by atoms with E-state index < -0.39 is 0 Å². The highest BCUT2D eigenvalue weighted by Crippen LogP contribution is 2.18. The molecule has 1 aliphatic heterocycles. The van der Waals surface area contributed by atoms with Gasteiger partial charge in [-0.3, -0.25) is 0 Å². The van der Waals surface area contributed by atoms with Crippen LogP contribution in [0.15, 0.2) is 29.2 Å². The van der Waals surface area contributed by atoms with Gasteiger partial charge in [0.15, 0.2) is 0 Å². The maximum atomic E-state index is 12.0. The average molecular weight is 266 g/mol. The molecule has 18 heavy (non-hydrogen) atoms. The normalized spacial score (nSPS) is 19.7. The molecule has 0 spiro atoms. The van der Waals surface area contributed by atoms with E-state index in [1.165, 1.54) is 4.90 Å². The largest absolute Gasteiger partial charge is 0.375 e. The smallest absolute Gasteiger partial charge is 0.322 e. The van der Waals surface area contributed by atoms with Crippen LogP contribution in [0.25, 0.3) is 0 Å². The number of rotatable bonds is 2. The predicted molar refractivity (Wildman–Crippen MR) is 74.2 cm³/mol. The molecule has 1 fully saturated rings. The molecule has 0 radical (unpaired) electrons. The molecule has 1 aliphatic rings. The lowest BCUT2D eigenvalue weighted by Gasteiger charge is -2.31. The number of carbonyl (C=O) groups excluding carboxylic acids is 1. The molecule has 0 unspecified atom stereocenters. The monoisotopic (exact) mass is 266 g/mol. The molecule has 4 nitrogen and oxygen atoms in total. The van der Waals surface area contributed by atoms with Crippen LogP contribution in [0.5, 0.6) is 0 Å². The van der Waals surface area contributed by atoms with E-state index >= 15 is 0 Å². The molecule has 1 aromatic carbocycles. The maximum Gasteiger partial charge on any atom is 0.322 e. The van der Waals surface area contributed by atoms with Crippen LogP contribution in [0.1, 0.15) is 6.92 Å². The molecule has 1 atom stereocenters. The quantitative estimate of drug-likeness (QED) is 0.837. The number of thioether (sulfide) groups is 1. The highest BCUT2D eigenvalue weighted by Gasteiger charge is 2.21. The van der Waals surface area contributed by atoms with Gasteiger partial charge in [-0.2, -0.15) is 0 Å². The Hall–Kier alpha value is -1.20. The molecule has 1 heterocycles. The first-order valence-corrected chi connectivity index (χ1v) is 7.23. The maximum absolute atomic E-state index is 12.0. The lowest BCUT2D eigenvalue weighted by atomic mass is 10.3. The third-order valence-electron chi connectivity index (χ3n) is 2.87. The summed E-state index contributed by atoms with van der Waals surface area (Å²) in [6, 6.07) is 7.80. The highest BCUT2D eigenvalue weighted by atomic mass is 32.2. The molecular formula is C13H18N2O2S. The molecule has 98 valence electrons. The second kappa shape index (κ2) is 6.11. The van der Waals surface area contributed by atoms with Gasteiger partial charge in [-0.15, -0.1) is 11.8 Å². The molecule has 2 rings (SSSR count). The number of nitrogens with zero attached hydrogens (tertiary/aromatic N) is 1. The van der Waals surface area contributed by atoms with Crippen LogP contribution < -0.4 is 5.32 Å². The SMILES string of the molecule is CSc1ccc(NC(=O)N2CCO[C@H](C)C2)cc1. The Bertz CT molecular complexity index is 408. The van der Waals surface area contributed by atoms with Crippen molar-refractivity contribution >= 4 is 23.5 Å². The Morgan fingerprint density at radius 2 is 2.17 bits per heavy atom. The fourth-order valence-corrected chi connectivity index (χ4v) is 2.29. The van der Waals surface area contributed by atoms with Gasteiger partial charge >= 0.3 is 6.03 Å². The first-order valence-electron chi connectivity index (χ1n) is 6.00. The molecule has 2 amide bonds. The number of hydrogen-bond donors (Lipinski definition) is 1. The summed E-state index contributed by atoms with van der Waals surface area (Å²) in [5, 5.41) is 2.91. The van der Waals surface area contributed by atoms with E-state index in [1.807, 2.05) is 37.4 Å². The third-order valence-corrected chi connectivity index (χ3v) is 3.61. The highest BCUT2D eigenvalue weighted by molar-refractivity contribution is 7.98.